The van der Waals surface area contributed by atoms with E-state index < -0.39 is 0 Å². The van der Waals surface area contributed by atoms with Crippen molar-refractivity contribution in [2.24, 2.45) is 0 Å². The molecule has 0 bridgehead atoms. The fourth-order valence-corrected chi connectivity index (χ4v) is 2.81. The van der Waals surface area contributed by atoms with Gasteiger partial charge < -0.3 is 10.5 Å². The van der Waals surface area contributed by atoms with Crippen LogP contribution in [0.15, 0.2) is 48.7 Å². The Morgan fingerprint density at radius 2 is 1.70 bits per heavy atom. The molecule has 5 heteroatoms. The Bertz CT molecular complexity index is 597. The van der Waals surface area contributed by atoms with Gasteiger partial charge in [-0.05, 0) is 18.2 Å². The third kappa shape index (κ3) is 4.68. The van der Waals surface area contributed by atoms with Crippen LogP contribution in [0.5, 0.6) is 5.75 Å². The molecular formula is C18H24N4O. The molecule has 0 unspecified atom stereocenters. The molecule has 3 rings (SSSR count). The number of para-hydroxylation sites is 1. The van der Waals surface area contributed by atoms with Crippen molar-refractivity contribution in [2.75, 3.05) is 45.1 Å². The number of anilines is 1. The molecule has 2 heterocycles. The monoisotopic (exact) mass is 312 g/mol. The predicted molar refractivity (Wildman–Crippen MR) is 92.3 cm³/mol. The second-order valence-corrected chi connectivity index (χ2v) is 5.83. The van der Waals surface area contributed by atoms with E-state index in [9.17, 15) is 0 Å². The Morgan fingerprint density at radius 3 is 2.43 bits per heavy atom. The summed E-state index contributed by atoms with van der Waals surface area (Å²) in [5.74, 6) is 1.59. The van der Waals surface area contributed by atoms with Crippen molar-refractivity contribution in [1.29, 1.82) is 0 Å². The summed E-state index contributed by atoms with van der Waals surface area (Å²) in [5.41, 5.74) is 7.04. The number of aromatic nitrogens is 1. The van der Waals surface area contributed by atoms with Gasteiger partial charge in [0.1, 0.15) is 18.2 Å². The number of rotatable bonds is 6. The molecule has 2 N–H and O–H groups in total. The van der Waals surface area contributed by atoms with Crippen molar-refractivity contribution in [2.45, 2.75) is 6.54 Å². The number of nitrogens with two attached hydrogens (primary N) is 1. The van der Waals surface area contributed by atoms with E-state index >= 15 is 0 Å². The van der Waals surface area contributed by atoms with Crippen molar-refractivity contribution in [3.63, 3.8) is 0 Å². The first-order valence-electron chi connectivity index (χ1n) is 8.13. The summed E-state index contributed by atoms with van der Waals surface area (Å²) in [7, 11) is 0. The molecule has 0 spiro atoms. The first-order valence-corrected chi connectivity index (χ1v) is 8.13. The second kappa shape index (κ2) is 7.94. The fraction of sp³-hybridized carbons (Fsp3) is 0.389. The number of pyridine rings is 1. The van der Waals surface area contributed by atoms with E-state index in [2.05, 4.69) is 20.9 Å². The molecule has 1 aromatic carbocycles. The minimum atomic E-state index is 0.645. The maximum absolute atomic E-state index is 5.92. The van der Waals surface area contributed by atoms with E-state index in [1.807, 2.05) is 36.4 Å². The summed E-state index contributed by atoms with van der Waals surface area (Å²) < 4.78 is 5.77. The molecule has 1 fully saturated rings. The zero-order valence-corrected chi connectivity index (χ0v) is 13.4. The maximum atomic E-state index is 5.92. The lowest BCUT2D eigenvalue weighted by Crippen LogP contribution is -2.47. The summed E-state index contributed by atoms with van der Waals surface area (Å²) in [6, 6.07) is 14.0. The fourth-order valence-electron chi connectivity index (χ4n) is 2.81. The van der Waals surface area contributed by atoms with Gasteiger partial charge in [0.25, 0.3) is 0 Å². The molecule has 1 aliphatic heterocycles. The highest BCUT2D eigenvalue weighted by molar-refractivity contribution is 5.38. The van der Waals surface area contributed by atoms with Crippen LogP contribution in [0.4, 0.5) is 5.82 Å². The van der Waals surface area contributed by atoms with E-state index in [1.54, 1.807) is 6.20 Å². The van der Waals surface area contributed by atoms with Gasteiger partial charge in [-0.3, -0.25) is 9.80 Å². The summed E-state index contributed by atoms with van der Waals surface area (Å²) in [6.07, 6.45) is 1.74. The van der Waals surface area contributed by atoms with Gasteiger partial charge in [-0.1, -0.05) is 24.3 Å². The average molecular weight is 312 g/mol. The Kier molecular flexibility index (Phi) is 5.45. The highest BCUT2D eigenvalue weighted by Crippen LogP contribution is 2.13. The predicted octanol–water partition coefficient (Wildman–Crippen LogP) is 1.86. The van der Waals surface area contributed by atoms with Crippen molar-refractivity contribution < 1.29 is 4.74 Å². The topological polar surface area (TPSA) is 54.6 Å². The van der Waals surface area contributed by atoms with E-state index in [0.29, 0.717) is 5.82 Å². The highest BCUT2D eigenvalue weighted by atomic mass is 16.5. The molecule has 1 saturated heterocycles. The minimum Gasteiger partial charge on any atom is -0.492 e. The van der Waals surface area contributed by atoms with Gasteiger partial charge in [-0.15, -0.1) is 0 Å². The number of hydrogen-bond acceptors (Lipinski definition) is 5. The third-order valence-corrected chi connectivity index (χ3v) is 4.20. The van der Waals surface area contributed by atoms with E-state index in [-0.39, 0.29) is 0 Å². The van der Waals surface area contributed by atoms with Crippen LogP contribution in [0.2, 0.25) is 0 Å². The van der Waals surface area contributed by atoms with Crippen LogP contribution in [-0.4, -0.2) is 54.1 Å². The number of nitrogens with zero attached hydrogens (tertiary/aromatic N) is 3. The van der Waals surface area contributed by atoms with Crippen LogP contribution in [0.25, 0.3) is 0 Å². The first kappa shape index (κ1) is 15.8. The van der Waals surface area contributed by atoms with Crippen LogP contribution in [0.1, 0.15) is 5.56 Å². The summed E-state index contributed by atoms with van der Waals surface area (Å²) in [5, 5.41) is 0. The molecule has 1 aromatic heterocycles. The van der Waals surface area contributed by atoms with Crippen LogP contribution in [-0.2, 0) is 6.54 Å². The van der Waals surface area contributed by atoms with Gasteiger partial charge in [0.05, 0.1) is 0 Å². The van der Waals surface area contributed by atoms with Crippen LogP contribution < -0.4 is 10.5 Å². The average Bonchev–Trinajstić information content (AvgIpc) is 2.59. The number of piperazine rings is 1. The van der Waals surface area contributed by atoms with Crippen molar-refractivity contribution in [3.05, 3.63) is 54.2 Å². The Morgan fingerprint density at radius 1 is 0.957 bits per heavy atom. The van der Waals surface area contributed by atoms with Crippen LogP contribution in [0, 0.1) is 0 Å². The molecule has 0 amide bonds. The molecule has 122 valence electrons. The zero-order chi connectivity index (χ0) is 15.9. The maximum Gasteiger partial charge on any atom is 0.127 e. The standard InChI is InChI=1S/C18H24N4O/c19-18-16(5-4-8-20-18)15-22-11-9-21(10-12-22)13-14-23-17-6-2-1-3-7-17/h1-8H,9-15H2,(H2,19,20). The Balaban J connectivity index is 1.38. The molecule has 0 atom stereocenters. The molecule has 23 heavy (non-hydrogen) atoms. The van der Waals surface area contributed by atoms with Gasteiger partial charge in [0.15, 0.2) is 0 Å². The lowest BCUT2D eigenvalue weighted by Gasteiger charge is -2.34. The van der Waals surface area contributed by atoms with Crippen molar-refractivity contribution >= 4 is 5.82 Å². The first-order chi connectivity index (χ1) is 11.3. The second-order valence-electron chi connectivity index (χ2n) is 5.83. The van der Waals surface area contributed by atoms with Crippen molar-refractivity contribution in [1.82, 2.24) is 14.8 Å². The molecule has 5 nitrogen and oxygen atoms in total. The third-order valence-electron chi connectivity index (χ3n) is 4.20. The summed E-state index contributed by atoms with van der Waals surface area (Å²) in [4.78, 5) is 9.04. The molecule has 2 aromatic rings. The molecule has 1 aliphatic rings. The lowest BCUT2D eigenvalue weighted by atomic mass is 10.2. The van der Waals surface area contributed by atoms with E-state index in [1.165, 1.54) is 0 Å². The van der Waals surface area contributed by atoms with Crippen LogP contribution >= 0.6 is 0 Å². The lowest BCUT2D eigenvalue weighted by molar-refractivity contribution is 0.112. The molecule has 0 aliphatic carbocycles. The number of benzene rings is 1. The Labute approximate surface area is 137 Å². The smallest absolute Gasteiger partial charge is 0.127 e. The van der Waals surface area contributed by atoms with Gasteiger partial charge in [0, 0.05) is 51.0 Å². The minimum absolute atomic E-state index is 0.645. The quantitative estimate of drug-likeness (QED) is 0.882. The van der Waals surface area contributed by atoms with E-state index in [4.69, 9.17) is 10.5 Å². The highest BCUT2D eigenvalue weighted by Gasteiger charge is 2.17. The van der Waals surface area contributed by atoms with E-state index in [0.717, 1.165) is 57.2 Å². The summed E-state index contributed by atoms with van der Waals surface area (Å²) >= 11 is 0. The number of ether oxygens (including phenoxy) is 1. The summed E-state index contributed by atoms with van der Waals surface area (Å²) in [6.45, 7) is 6.83. The van der Waals surface area contributed by atoms with Gasteiger partial charge in [0.2, 0.25) is 0 Å². The molecule has 0 saturated carbocycles. The largest absolute Gasteiger partial charge is 0.492 e. The van der Waals surface area contributed by atoms with Crippen LogP contribution in [0.3, 0.4) is 0 Å². The number of nitrogen functional groups attached to an aromatic ring is 1. The molecule has 0 radical (unpaired) electrons. The zero-order valence-electron chi connectivity index (χ0n) is 13.4. The van der Waals surface area contributed by atoms with Crippen molar-refractivity contribution in [3.8, 4) is 5.75 Å². The van der Waals surface area contributed by atoms with Gasteiger partial charge in [-0.2, -0.15) is 0 Å². The van der Waals surface area contributed by atoms with Gasteiger partial charge >= 0.3 is 0 Å². The normalized spacial score (nSPS) is 16.3. The van der Waals surface area contributed by atoms with Gasteiger partial charge in [-0.25, -0.2) is 4.98 Å². The molecular weight excluding hydrogens is 288 g/mol. The Hall–Kier alpha value is -2.11. The SMILES string of the molecule is Nc1ncccc1CN1CCN(CCOc2ccccc2)CC1. The number of hydrogen-bond donors (Lipinski definition) is 1.